The number of ether oxygens (including phenoxy) is 1. The Bertz CT molecular complexity index is 412. The average molecular weight is 268 g/mol. The first-order valence-corrected chi connectivity index (χ1v) is 6.33. The molecule has 0 unspecified atom stereocenters. The van der Waals surface area contributed by atoms with E-state index in [1.807, 2.05) is 0 Å². The van der Waals surface area contributed by atoms with Crippen LogP contribution in [0.3, 0.4) is 0 Å². The van der Waals surface area contributed by atoms with Gasteiger partial charge in [0.05, 0.1) is 4.92 Å². The summed E-state index contributed by atoms with van der Waals surface area (Å²) in [6, 6.07) is 3.02. The zero-order valence-corrected chi connectivity index (χ0v) is 11.3. The Morgan fingerprint density at radius 3 is 2.84 bits per heavy atom. The predicted octanol–water partition coefficient (Wildman–Crippen LogP) is 2.26. The van der Waals surface area contributed by atoms with Crippen LogP contribution in [-0.2, 0) is 4.74 Å². The van der Waals surface area contributed by atoms with Crippen molar-refractivity contribution >= 4 is 17.3 Å². The highest BCUT2D eigenvalue weighted by Gasteiger charge is 2.15. The molecule has 0 bridgehead atoms. The standard InChI is InChI=1S/C12H20N4O3/c1-3-8-19-9-4-7-14-12-10(16(17)18)5-6-11(13-2)15-12/h5-6H,3-4,7-9H2,1-2H3,(H2,13,14,15). The smallest absolute Gasteiger partial charge is 0.311 e. The van der Waals surface area contributed by atoms with E-state index in [1.54, 1.807) is 13.1 Å². The fraction of sp³-hybridized carbons (Fsp3) is 0.583. The molecule has 0 amide bonds. The van der Waals surface area contributed by atoms with Gasteiger partial charge in [-0.25, -0.2) is 4.98 Å². The molecule has 0 fully saturated rings. The zero-order chi connectivity index (χ0) is 14.1. The van der Waals surface area contributed by atoms with Gasteiger partial charge in [0.2, 0.25) is 5.82 Å². The molecule has 7 nitrogen and oxygen atoms in total. The van der Waals surface area contributed by atoms with Crippen molar-refractivity contribution in [2.45, 2.75) is 19.8 Å². The van der Waals surface area contributed by atoms with E-state index >= 15 is 0 Å². The molecule has 1 heterocycles. The molecule has 0 aliphatic carbocycles. The summed E-state index contributed by atoms with van der Waals surface area (Å²) >= 11 is 0. The van der Waals surface area contributed by atoms with Crippen molar-refractivity contribution in [1.82, 2.24) is 4.98 Å². The topological polar surface area (TPSA) is 89.3 Å². The van der Waals surface area contributed by atoms with Crippen LogP contribution < -0.4 is 10.6 Å². The average Bonchev–Trinajstić information content (AvgIpc) is 2.42. The molecular weight excluding hydrogens is 248 g/mol. The maximum absolute atomic E-state index is 10.9. The molecule has 1 aromatic rings. The Hall–Kier alpha value is -1.89. The fourth-order valence-electron chi connectivity index (χ4n) is 1.50. The third-order valence-corrected chi connectivity index (χ3v) is 2.43. The van der Waals surface area contributed by atoms with Crippen LogP contribution in [0.15, 0.2) is 12.1 Å². The van der Waals surface area contributed by atoms with Crippen LogP contribution >= 0.6 is 0 Å². The summed E-state index contributed by atoms with van der Waals surface area (Å²) in [5.74, 6) is 0.877. The molecular formula is C12H20N4O3. The van der Waals surface area contributed by atoms with Gasteiger partial charge in [-0.05, 0) is 18.9 Å². The molecule has 0 atom stereocenters. The van der Waals surface area contributed by atoms with Gasteiger partial charge in [0.25, 0.3) is 0 Å². The molecule has 0 aliphatic rings. The van der Waals surface area contributed by atoms with Crippen LogP contribution in [0.5, 0.6) is 0 Å². The number of hydrogen-bond acceptors (Lipinski definition) is 6. The fourth-order valence-corrected chi connectivity index (χ4v) is 1.50. The summed E-state index contributed by atoms with van der Waals surface area (Å²) in [5.41, 5.74) is -0.0199. The lowest BCUT2D eigenvalue weighted by Gasteiger charge is -2.08. The summed E-state index contributed by atoms with van der Waals surface area (Å²) in [6.07, 6.45) is 1.77. The Morgan fingerprint density at radius 2 is 2.21 bits per heavy atom. The molecule has 106 valence electrons. The second kappa shape index (κ2) is 8.25. The van der Waals surface area contributed by atoms with Crippen LogP contribution in [0.4, 0.5) is 17.3 Å². The number of nitro groups is 1. The van der Waals surface area contributed by atoms with Gasteiger partial charge in [0.1, 0.15) is 5.82 Å². The largest absolute Gasteiger partial charge is 0.381 e. The molecule has 0 spiro atoms. The number of nitrogens with one attached hydrogen (secondary N) is 2. The maximum atomic E-state index is 10.9. The Labute approximate surface area is 112 Å². The van der Waals surface area contributed by atoms with E-state index in [0.717, 1.165) is 19.4 Å². The second-order valence-corrected chi connectivity index (χ2v) is 3.96. The summed E-state index contributed by atoms with van der Waals surface area (Å²) in [5, 5.41) is 16.7. The van der Waals surface area contributed by atoms with E-state index in [-0.39, 0.29) is 11.5 Å². The van der Waals surface area contributed by atoms with Crippen molar-refractivity contribution < 1.29 is 9.66 Å². The van der Waals surface area contributed by atoms with Crippen molar-refractivity contribution in [2.75, 3.05) is 37.4 Å². The minimum Gasteiger partial charge on any atom is -0.381 e. The van der Waals surface area contributed by atoms with Gasteiger partial charge in [0, 0.05) is 32.9 Å². The number of anilines is 2. The van der Waals surface area contributed by atoms with Gasteiger partial charge >= 0.3 is 5.69 Å². The Kier molecular flexibility index (Phi) is 6.59. The molecule has 0 radical (unpaired) electrons. The molecule has 1 rings (SSSR count). The van der Waals surface area contributed by atoms with Crippen molar-refractivity contribution in [3.05, 3.63) is 22.2 Å². The number of pyridine rings is 1. The van der Waals surface area contributed by atoms with Crippen LogP contribution in [0.25, 0.3) is 0 Å². The van der Waals surface area contributed by atoms with Crippen molar-refractivity contribution in [3.63, 3.8) is 0 Å². The highest BCUT2D eigenvalue weighted by atomic mass is 16.6. The van der Waals surface area contributed by atoms with Crippen molar-refractivity contribution in [1.29, 1.82) is 0 Å². The first kappa shape index (κ1) is 15.2. The monoisotopic (exact) mass is 268 g/mol. The van der Waals surface area contributed by atoms with Crippen LogP contribution in [0.2, 0.25) is 0 Å². The minimum atomic E-state index is -0.442. The third kappa shape index (κ3) is 5.09. The van der Waals surface area contributed by atoms with Gasteiger partial charge in [-0.15, -0.1) is 0 Å². The van der Waals surface area contributed by atoms with Gasteiger partial charge in [-0.3, -0.25) is 10.1 Å². The minimum absolute atomic E-state index is 0.0199. The highest BCUT2D eigenvalue weighted by molar-refractivity contribution is 5.60. The molecule has 2 N–H and O–H groups in total. The summed E-state index contributed by atoms with van der Waals surface area (Å²) in [6.45, 7) is 4.02. The lowest BCUT2D eigenvalue weighted by molar-refractivity contribution is -0.384. The normalized spacial score (nSPS) is 10.2. The van der Waals surface area contributed by atoms with E-state index in [9.17, 15) is 10.1 Å². The van der Waals surface area contributed by atoms with Crippen LogP contribution in [0.1, 0.15) is 19.8 Å². The molecule has 19 heavy (non-hydrogen) atoms. The lowest BCUT2D eigenvalue weighted by atomic mass is 10.3. The van der Waals surface area contributed by atoms with Crippen LogP contribution in [0, 0.1) is 10.1 Å². The first-order chi connectivity index (χ1) is 9.19. The number of hydrogen-bond donors (Lipinski definition) is 2. The first-order valence-electron chi connectivity index (χ1n) is 6.33. The number of nitrogens with zero attached hydrogens (tertiary/aromatic N) is 2. The molecule has 0 saturated heterocycles. The molecule has 0 aromatic carbocycles. The summed E-state index contributed by atoms with van der Waals surface area (Å²) in [7, 11) is 1.72. The Morgan fingerprint density at radius 1 is 1.42 bits per heavy atom. The van der Waals surface area contributed by atoms with Crippen molar-refractivity contribution in [2.24, 2.45) is 0 Å². The lowest BCUT2D eigenvalue weighted by Crippen LogP contribution is -2.09. The van der Waals surface area contributed by atoms with Crippen molar-refractivity contribution in [3.8, 4) is 0 Å². The number of aromatic nitrogens is 1. The van der Waals surface area contributed by atoms with Gasteiger partial charge in [0.15, 0.2) is 0 Å². The van der Waals surface area contributed by atoms with E-state index in [2.05, 4.69) is 22.5 Å². The maximum Gasteiger partial charge on any atom is 0.311 e. The van der Waals surface area contributed by atoms with E-state index in [1.165, 1.54) is 6.07 Å². The number of rotatable bonds is 9. The molecule has 0 saturated carbocycles. The van der Waals surface area contributed by atoms with Crippen LogP contribution in [-0.4, -0.2) is 36.7 Å². The van der Waals surface area contributed by atoms with E-state index < -0.39 is 4.92 Å². The SMILES string of the molecule is CCCOCCCNc1nc(NC)ccc1[N+](=O)[O-]. The summed E-state index contributed by atoms with van der Waals surface area (Å²) < 4.78 is 5.34. The van der Waals surface area contributed by atoms with E-state index in [4.69, 9.17) is 4.74 Å². The quantitative estimate of drug-likeness (QED) is 0.405. The third-order valence-electron chi connectivity index (χ3n) is 2.43. The Balaban J connectivity index is 2.52. The molecule has 7 heteroatoms. The second-order valence-electron chi connectivity index (χ2n) is 3.96. The van der Waals surface area contributed by atoms with Gasteiger partial charge < -0.3 is 15.4 Å². The summed E-state index contributed by atoms with van der Waals surface area (Å²) in [4.78, 5) is 14.6. The van der Waals surface area contributed by atoms with Gasteiger partial charge in [-0.2, -0.15) is 0 Å². The predicted molar refractivity (Wildman–Crippen MR) is 74.7 cm³/mol. The van der Waals surface area contributed by atoms with Gasteiger partial charge in [-0.1, -0.05) is 6.92 Å². The molecule has 1 aromatic heterocycles. The van der Waals surface area contributed by atoms with E-state index in [0.29, 0.717) is 19.0 Å². The molecule has 0 aliphatic heterocycles. The zero-order valence-electron chi connectivity index (χ0n) is 11.3. The highest BCUT2D eigenvalue weighted by Crippen LogP contribution is 2.23.